The van der Waals surface area contributed by atoms with Gasteiger partial charge in [0.2, 0.25) is 21.8 Å². The van der Waals surface area contributed by atoms with Crippen LogP contribution in [-0.4, -0.2) is 57.1 Å². The number of anilines is 1. The largest absolute Gasteiger partial charge is 0.497 e. The summed E-state index contributed by atoms with van der Waals surface area (Å²) in [5.41, 5.74) is 2.96. The van der Waals surface area contributed by atoms with Crippen LogP contribution in [0.1, 0.15) is 68.6 Å². The number of ether oxygens (including phenoxy) is 1. The number of hydrogen-bond acceptors (Lipinski definition) is 5. The van der Waals surface area contributed by atoms with E-state index >= 15 is 0 Å². The lowest BCUT2D eigenvalue weighted by atomic mass is 9.94. The molecule has 0 radical (unpaired) electrons. The van der Waals surface area contributed by atoms with Gasteiger partial charge in [-0.2, -0.15) is 0 Å². The Hall–Kier alpha value is -3.85. The molecule has 4 rings (SSSR count). The summed E-state index contributed by atoms with van der Waals surface area (Å²) in [5, 5.41) is 3.23. The monoisotopic (exact) mass is 619 g/mol. The first-order valence-electron chi connectivity index (χ1n) is 15.4. The molecule has 0 aromatic heterocycles. The molecule has 0 heterocycles. The van der Waals surface area contributed by atoms with E-state index in [0.717, 1.165) is 55.1 Å². The summed E-state index contributed by atoms with van der Waals surface area (Å²) in [4.78, 5) is 30.1. The molecule has 44 heavy (non-hydrogen) atoms. The first-order chi connectivity index (χ1) is 21.1. The second kappa shape index (κ2) is 15.2. The highest BCUT2D eigenvalue weighted by Gasteiger charge is 2.34. The summed E-state index contributed by atoms with van der Waals surface area (Å²) in [6.07, 6.45) is 6.47. The Balaban J connectivity index is 1.76. The van der Waals surface area contributed by atoms with Crippen LogP contribution in [0.3, 0.4) is 0 Å². The molecule has 1 aliphatic rings. The highest BCUT2D eigenvalue weighted by molar-refractivity contribution is 7.92. The number of nitrogens with zero attached hydrogens (tertiary/aromatic N) is 2. The van der Waals surface area contributed by atoms with Gasteiger partial charge in [-0.25, -0.2) is 8.42 Å². The normalized spacial score (nSPS) is 14.6. The number of hydrogen-bond donors (Lipinski definition) is 1. The van der Waals surface area contributed by atoms with Crippen LogP contribution in [-0.2, 0) is 32.6 Å². The summed E-state index contributed by atoms with van der Waals surface area (Å²) >= 11 is 0. The van der Waals surface area contributed by atoms with Gasteiger partial charge in [0.25, 0.3) is 0 Å². The van der Waals surface area contributed by atoms with Crippen molar-refractivity contribution < 1.29 is 22.7 Å². The zero-order chi connectivity index (χ0) is 31.7. The number of para-hydroxylation sites is 1. The first kappa shape index (κ1) is 33.1. The third-order valence-corrected chi connectivity index (χ3v) is 9.34. The highest BCUT2D eigenvalue weighted by atomic mass is 32.2. The second-order valence-electron chi connectivity index (χ2n) is 11.9. The van der Waals surface area contributed by atoms with Crippen molar-refractivity contribution in [2.45, 2.75) is 76.9 Å². The minimum absolute atomic E-state index is 0.0329. The second-order valence-corrected chi connectivity index (χ2v) is 13.8. The molecule has 8 nitrogen and oxygen atoms in total. The highest BCUT2D eigenvalue weighted by Crippen LogP contribution is 2.30. The van der Waals surface area contributed by atoms with Crippen LogP contribution in [0.2, 0.25) is 0 Å². The maximum Gasteiger partial charge on any atom is 0.244 e. The van der Waals surface area contributed by atoms with Gasteiger partial charge in [-0.1, -0.05) is 93.8 Å². The van der Waals surface area contributed by atoms with E-state index in [4.69, 9.17) is 4.74 Å². The zero-order valence-electron chi connectivity index (χ0n) is 26.2. The van der Waals surface area contributed by atoms with Crippen LogP contribution in [0.4, 0.5) is 5.69 Å². The molecule has 2 amide bonds. The maximum absolute atomic E-state index is 14.5. The van der Waals surface area contributed by atoms with Crippen molar-refractivity contribution in [1.29, 1.82) is 0 Å². The van der Waals surface area contributed by atoms with Crippen LogP contribution in [0, 0.1) is 0 Å². The number of carbonyl (C=O) groups excluding carboxylic acids is 2. The van der Waals surface area contributed by atoms with E-state index in [9.17, 15) is 18.0 Å². The van der Waals surface area contributed by atoms with E-state index in [2.05, 4.69) is 5.32 Å². The number of carbonyl (C=O) groups is 2. The zero-order valence-corrected chi connectivity index (χ0v) is 27.1. The number of sulfonamides is 1. The van der Waals surface area contributed by atoms with Gasteiger partial charge >= 0.3 is 0 Å². The Labute approximate surface area is 262 Å². The number of nitrogens with one attached hydrogen (secondary N) is 1. The van der Waals surface area contributed by atoms with Gasteiger partial charge in [-0.3, -0.25) is 13.9 Å². The minimum Gasteiger partial charge on any atom is -0.497 e. The van der Waals surface area contributed by atoms with E-state index in [1.165, 1.54) is 9.21 Å². The van der Waals surface area contributed by atoms with Crippen molar-refractivity contribution in [1.82, 2.24) is 10.2 Å². The Bertz CT molecular complexity index is 1500. The molecule has 1 aliphatic carbocycles. The van der Waals surface area contributed by atoms with Crippen LogP contribution in [0.15, 0.2) is 78.9 Å². The van der Waals surface area contributed by atoms with Crippen LogP contribution >= 0.6 is 0 Å². The molecule has 3 aromatic rings. The van der Waals surface area contributed by atoms with Gasteiger partial charge in [0, 0.05) is 19.0 Å². The Morgan fingerprint density at radius 1 is 0.909 bits per heavy atom. The summed E-state index contributed by atoms with van der Waals surface area (Å²) in [7, 11) is -2.27. The smallest absolute Gasteiger partial charge is 0.244 e. The van der Waals surface area contributed by atoms with Crippen molar-refractivity contribution in [3.05, 3.63) is 95.6 Å². The molecule has 1 atom stereocenters. The molecule has 3 aromatic carbocycles. The Morgan fingerprint density at radius 2 is 1.57 bits per heavy atom. The van der Waals surface area contributed by atoms with Crippen molar-refractivity contribution in [2.75, 3.05) is 24.2 Å². The molecule has 9 heteroatoms. The fourth-order valence-corrected chi connectivity index (χ4v) is 6.73. The van der Waals surface area contributed by atoms with E-state index in [1.807, 2.05) is 80.6 Å². The maximum atomic E-state index is 14.5. The van der Waals surface area contributed by atoms with Crippen molar-refractivity contribution in [3.8, 4) is 5.75 Å². The van der Waals surface area contributed by atoms with Gasteiger partial charge in [0.15, 0.2) is 0 Å². The average Bonchev–Trinajstić information content (AvgIpc) is 3.02. The summed E-state index contributed by atoms with van der Waals surface area (Å²) < 4.78 is 33.0. The van der Waals surface area contributed by atoms with E-state index in [-0.39, 0.29) is 30.8 Å². The fraction of sp³-hybridized carbons (Fsp3) is 0.429. The molecular formula is C35H45N3O5S. The molecule has 0 aliphatic heterocycles. The van der Waals surface area contributed by atoms with Crippen molar-refractivity contribution in [3.63, 3.8) is 0 Å². The van der Waals surface area contributed by atoms with Crippen molar-refractivity contribution >= 4 is 27.5 Å². The predicted octanol–water partition coefficient (Wildman–Crippen LogP) is 5.67. The van der Waals surface area contributed by atoms with Crippen LogP contribution in [0.25, 0.3) is 0 Å². The molecule has 0 spiro atoms. The topological polar surface area (TPSA) is 96.0 Å². The molecule has 236 valence electrons. The lowest BCUT2D eigenvalue weighted by Crippen LogP contribution is -2.55. The van der Waals surface area contributed by atoms with Gasteiger partial charge in [0.05, 0.1) is 19.1 Å². The van der Waals surface area contributed by atoms with Crippen LogP contribution in [0.5, 0.6) is 5.75 Å². The summed E-state index contributed by atoms with van der Waals surface area (Å²) in [6.45, 7) is 3.65. The van der Waals surface area contributed by atoms with Gasteiger partial charge in [-0.05, 0) is 53.6 Å². The third kappa shape index (κ3) is 8.85. The summed E-state index contributed by atoms with van der Waals surface area (Å²) in [6, 6.07) is 23.4. The predicted molar refractivity (Wildman–Crippen MR) is 175 cm³/mol. The molecule has 0 saturated heterocycles. The number of methoxy groups -OCH3 is 1. The molecule has 1 N–H and O–H groups in total. The lowest BCUT2D eigenvalue weighted by molar-refractivity contribution is -0.140. The minimum atomic E-state index is -3.85. The average molecular weight is 620 g/mol. The van der Waals surface area contributed by atoms with Crippen LogP contribution < -0.4 is 14.4 Å². The number of rotatable bonds is 13. The Kier molecular flexibility index (Phi) is 11.4. The molecule has 1 saturated carbocycles. The third-order valence-electron chi connectivity index (χ3n) is 8.22. The molecule has 0 unspecified atom stereocenters. The molecule has 0 bridgehead atoms. The van der Waals surface area contributed by atoms with E-state index in [0.29, 0.717) is 11.4 Å². The number of amides is 2. The fourth-order valence-electron chi connectivity index (χ4n) is 5.86. The van der Waals surface area contributed by atoms with Crippen molar-refractivity contribution in [2.24, 2.45) is 0 Å². The standard InChI is InChI=1S/C35H45N3O5S/c1-26(2)31-20-11-12-21-32(31)38(44(4,41)42)25-34(39)37(24-28-16-13-19-30(22-28)43-3)33(23-27-14-7-5-8-15-27)35(40)36-29-17-9-6-10-18-29/h5,7-8,11-16,19-22,26,29,33H,6,9-10,17-18,23-25H2,1-4H3,(H,36,40)/t33-/m1/s1. The number of benzene rings is 3. The Morgan fingerprint density at radius 3 is 2.23 bits per heavy atom. The quantitative estimate of drug-likeness (QED) is 0.266. The first-order valence-corrected chi connectivity index (χ1v) is 17.2. The van der Waals surface area contributed by atoms with E-state index in [1.54, 1.807) is 19.2 Å². The van der Waals surface area contributed by atoms with Gasteiger partial charge < -0.3 is 15.0 Å². The lowest BCUT2D eigenvalue weighted by Gasteiger charge is -2.35. The van der Waals surface area contributed by atoms with Gasteiger partial charge in [0.1, 0.15) is 18.3 Å². The molecule has 1 fully saturated rings. The molecular weight excluding hydrogens is 574 g/mol. The van der Waals surface area contributed by atoms with E-state index < -0.39 is 28.5 Å². The summed E-state index contributed by atoms with van der Waals surface area (Å²) in [5.74, 6) is -0.0302. The SMILES string of the molecule is COc1cccc(CN(C(=O)CN(c2ccccc2C(C)C)S(C)(=O)=O)[C@H](Cc2ccccc2)C(=O)NC2CCCCC2)c1. The van der Waals surface area contributed by atoms with Gasteiger partial charge in [-0.15, -0.1) is 0 Å².